The largest absolute Gasteiger partial charge is 1.00 e. The monoisotopic (exact) mass is 410 g/mol. The van der Waals surface area contributed by atoms with Crippen LogP contribution in [0.1, 0.15) is 11.1 Å². The predicted molar refractivity (Wildman–Crippen MR) is 88.9 cm³/mol. The zero-order chi connectivity index (χ0) is 14.3. The van der Waals surface area contributed by atoms with Gasteiger partial charge in [0, 0.05) is 5.56 Å². The van der Waals surface area contributed by atoms with E-state index in [0.29, 0.717) is 4.48 Å². The fraction of sp³-hybridized carbons (Fsp3) is 0.176. The maximum atomic E-state index is 6.47. The highest BCUT2D eigenvalue weighted by Crippen LogP contribution is 2.53. The van der Waals surface area contributed by atoms with Crippen molar-refractivity contribution in [2.75, 3.05) is 7.05 Å². The van der Waals surface area contributed by atoms with Gasteiger partial charge in [0.15, 0.2) is 5.69 Å². The molecule has 4 heteroatoms. The number of halogens is 1. The molecule has 2 unspecified atom stereocenters. The predicted octanol–water partition coefficient (Wildman–Crippen LogP) is 1.26. The molecular weight excluding hydrogens is 391 g/mol. The smallest absolute Gasteiger partial charge is 0.202 e. The Morgan fingerprint density at radius 3 is 2.48 bits per heavy atom. The van der Waals surface area contributed by atoms with E-state index in [2.05, 4.69) is 56.9 Å². The Kier molecular flexibility index (Phi) is 4.82. The van der Waals surface area contributed by atoms with Gasteiger partial charge in [-0.3, -0.25) is 5.73 Å². The first-order chi connectivity index (χ1) is 9.59. The minimum atomic E-state index is -0.0344. The Morgan fingerprint density at radius 2 is 1.86 bits per heavy atom. The van der Waals surface area contributed by atoms with Gasteiger partial charge in [0.25, 0.3) is 0 Å². The van der Waals surface area contributed by atoms with Crippen molar-refractivity contribution < 1.29 is 24.0 Å². The number of thioether (sulfide) groups is 1. The number of benzene rings is 2. The lowest BCUT2D eigenvalue weighted by molar-refractivity contribution is -0.00000404. The van der Waals surface area contributed by atoms with Crippen LogP contribution in [0, 0.1) is 6.92 Å². The molecule has 0 spiro atoms. The molecule has 2 atom stereocenters. The molecule has 2 N–H and O–H groups in total. The number of hydrogen-bond donors (Lipinski definition) is 1. The number of hydrogen-bond acceptors (Lipinski definition) is 2. The van der Waals surface area contributed by atoms with Crippen molar-refractivity contribution in [1.82, 2.24) is 4.48 Å². The van der Waals surface area contributed by atoms with Gasteiger partial charge in [-0.25, -0.2) is 4.48 Å². The van der Waals surface area contributed by atoms with Crippen LogP contribution in [0.5, 0.6) is 0 Å². The van der Waals surface area contributed by atoms with Gasteiger partial charge in [-0.2, -0.15) is 0 Å². The normalized spacial score (nSPS) is 23.3. The van der Waals surface area contributed by atoms with Gasteiger partial charge in [-0.05, 0) is 42.4 Å². The summed E-state index contributed by atoms with van der Waals surface area (Å²) in [6.07, 6.45) is 1.95. The molecular formula is C17H19IN2S. The van der Waals surface area contributed by atoms with Crippen LogP contribution in [-0.2, 0) is 0 Å². The molecule has 0 amide bonds. The number of fused-ring (bicyclic) bond motifs is 1. The van der Waals surface area contributed by atoms with Crippen molar-refractivity contribution in [2.24, 2.45) is 5.73 Å². The highest BCUT2D eigenvalue weighted by Gasteiger charge is 2.45. The second kappa shape index (κ2) is 6.12. The first-order valence-corrected chi connectivity index (χ1v) is 7.57. The minimum Gasteiger partial charge on any atom is -1.00 e. The van der Waals surface area contributed by atoms with Gasteiger partial charge in [0.1, 0.15) is 5.69 Å². The second-order valence-electron chi connectivity index (χ2n) is 5.27. The number of nitrogens with two attached hydrogens (primary N) is 1. The fourth-order valence-corrected chi connectivity index (χ4v) is 4.15. The van der Waals surface area contributed by atoms with E-state index < -0.39 is 0 Å². The minimum absolute atomic E-state index is 0. The average molecular weight is 410 g/mol. The van der Waals surface area contributed by atoms with Gasteiger partial charge in [-0.1, -0.05) is 36.9 Å². The summed E-state index contributed by atoms with van der Waals surface area (Å²) in [5.41, 5.74) is 11.4. The second-order valence-corrected chi connectivity index (χ2v) is 6.42. The van der Waals surface area contributed by atoms with Gasteiger partial charge >= 0.3 is 0 Å². The van der Waals surface area contributed by atoms with Crippen LogP contribution in [0.25, 0.3) is 6.08 Å². The topological polar surface area (TPSA) is 26.0 Å². The zero-order valence-corrected chi connectivity index (χ0v) is 15.2. The lowest BCUT2D eigenvalue weighted by Crippen LogP contribution is -3.00. The van der Waals surface area contributed by atoms with Crippen LogP contribution in [0.15, 0.2) is 53.9 Å². The Hall–Kier alpha value is -0.820. The molecule has 0 fully saturated rings. The van der Waals surface area contributed by atoms with Crippen LogP contribution >= 0.6 is 11.8 Å². The van der Waals surface area contributed by atoms with E-state index >= 15 is 0 Å². The van der Waals surface area contributed by atoms with Crippen LogP contribution in [0.2, 0.25) is 0 Å². The third kappa shape index (κ3) is 2.44. The summed E-state index contributed by atoms with van der Waals surface area (Å²) in [5, 5.41) is 0. The van der Waals surface area contributed by atoms with Crippen LogP contribution in [0.3, 0.4) is 0 Å². The van der Waals surface area contributed by atoms with E-state index in [0.717, 1.165) is 0 Å². The average Bonchev–Trinajstić information content (AvgIpc) is 2.73. The molecule has 0 saturated heterocycles. The summed E-state index contributed by atoms with van der Waals surface area (Å²) >= 11 is 1.73. The van der Waals surface area contributed by atoms with Crippen molar-refractivity contribution in [3.63, 3.8) is 0 Å². The molecule has 110 valence electrons. The van der Waals surface area contributed by atoms with E-state index in [1.165, 1.54) is 27.4 Å². The summed E-state index contributed by atoms with van der Waals surface area (Å²) in [4.78, 5) is 1.25. The number of quaternary nitrogens is 1. The molecule has 2 aromatic rings. The van der Waals surface area contributed by atoms with Gasteiger partial charge < -0.3 is 24.0 Å². The van der Waals surface area contributed by atoms with E-state index in [1.807, 2.05) is 12.1 Å². The van der Waals surface area contributed by atoms with E-state index in [-0.39, 0.29) is 29.5 Å². The molecule has 2 nitrogen and oxygen atoms in total. The molecule has 0 saturated carbocycles. The molecule has 3 rings (SSSR count). The molecule has 21 heavy (non-hydrogen) atoms. The Labute approximate surface area is 147 Å². The molecule has 0 aliphatic carbocycles. The van der Waals surface area contributed by atoms with Crippen LogP contribution in [0.4, 0.5) is 11.4 Å². The zero-order valence-electron chi connectivity index (χ0n) is 12.2. The van der Waals surface area contributed by atoms with Crippen LogP contribution < -0.4 is 34.2 Å². The number of nitrogens with zero attached hydrogens (tertiary/aromatic N) is 1. The number of para-hydroxylation sites is 1. The van der Waals surface area contributed by atoms with Gasteiger partial charge in [0.2, 0.25) is 5.50 Å². The van der Waals surface area contributed by atoms with E-state index in [1.54, 1.807) is 11.8 Å². The van der Waals surface area contributed by atoms with Crippen molar-refractivity contribution in [1.29, 1.82) is 0 Å². The third-order valence-electron chi connectivity index (χ3n) is 4.12. The Bertz CT molecular complexity index is 672. The lowest BCUT2D eigenvalue weighted by atomic mass is 10.0. The van der Waals surface area contributed by atoms with E-state index in [4.69, 9.17) is 5.73 Å². The molecule has 0 radical (unpaired) electrons. The SMILES string of the molecule is C=Cc1c(C)ccc2c1[N+](C)(c1ccccc1)C(N)S2.[I-]. The Balaban J connectivity index is 0.00000161. The van der Waals surface area contributed by atoms with Crippen LogP contribution in [-0.4, -0.2) is 12.5 Å². The molecule has 0 aromatic heterocycles. The van der Waals surface area contributed by atoms with Crippen molar-refractivity contribution in [3.8, 4) is 0 Å². The summed E-state index contributed by atoms with van der Waals surface area (Å²) < 4.78 is 0.615. The van der Waals surface area contributed by atoms with E-state index in [9.17, 15) is 0 Å². The molecule has 1 aliphatic heterocycles. The molecule has 1 aliphatic rings. The number of aryl methyl sites for hydroxylation is 1. The standard InChI is InChI=1S/C17H19N2S.HI/c1-4-14-12(2)10-11-15-16(14)19(3,17(18)20-15)13-8-6-5-7-9-13;/h4-11,17H,1,18H2,2-3H3;1H/q+1;/p-1. The molecule has 2 aromatic carbocycles. The van der Waals surface area contributed by atoms with Crippen molar-refractivity contribution in [2.45, 2.75) is 17.3 Å². The lowest BCUT2D eigenvalue weighted by Gasteiger charge is -2.33. The maximum absolute atomic E-state index is 6.47. The highest BCUT2D eigenvalue weighted by atomic mass is 127. The first-order valence-electron chi connectivity index (χ1n) is 6.69. The van der Waals surface area contributed by atoms with Crippen molar-refractivity contribution in [3.05, 3.63) is 60.2 Å². The van der Waals surface area contributed by atoms with Crippen molar-refractivity contribution >= 4 is 29.2 Å². The number of rotatable bonds is 2. The quantitative estimate of drug-likeness (QED) is 0.596. The highest BCUT2D eigenvalue weighted by molar-refractivity contribution is 8.00. The summed E-state index contributed by atoms with van der Waals surface area (Å²) in [6.45, 7) is 6.12. The first kappa shape index (κ1) is 16.5. The summed E-state index contributed by atoms with van der Waals surface area (Å²) in [6, 6.07) is 14.8. The molecule has 0 bridgehead atoms. The summed E-state index contributed by atoms with van der Waals surface area (Å²) in [5.74, 6) is 0. The van der Waals surface area contributed by atoms with Gasteiger partial charge in [0.05, 0.1) is 11.9 Å². The molecule has 1 heterocycles. The van der Waals surface area contributed by atoms with Gasteiger partial charge in [-0.15, -0.1) is 0 Å². The Morgan fingerprint density at radius 1 is 1.19 bits per heavy atom. The third-order valence-corrected chi connectivity index (χ3v) is 5.36. The maximum Gasteiger partial charge on any atom is 0.202 e. The fourth-order valence-electron chi connectivity index (χ4n) is 2.90. The summed E-state index contributed by atoms with van der Waals surface area (Å²) in [7, 11) is 2.19.